The quantitative estimate of drug-likeness (QED) is 0.251. The van der Waals surface area contributed by atoms with Gasteiger partial charge in [-0.1, -0.05) is 133 Å². The van der Waals surface area contributed by atoms with Crippen LogP contribution in [0, 0.1) is 6.92 Å². The Morgan fingerprint density at radius 2 is 0.568 bits per heavy atom. The maximum Gasteiger partial charge on any atom is 0.163 e. The van der Waals surface area contributed by atoms with E-state index in [1.807, 2.05) is 19.1 Å². The summed E-state index contributed by atoms with van der Waals surface area (Å²) in [5.41, 5.74) is 9.08. The van der Waals surface area contributed by atoms with Crippen molar-refractivity contribution < 1.29 is 0 Å². The highest BCUT2D eigenvalue weighted by Crippen LogP contribution is 2.28. The Labute approximate surface area is 217 Å². The Morgan fingerprint density at radius 1 is 0.297 bits per heavy atom. The van der Waals surface area contributed by atoms with E-state index in [1.165, 1.54) is 27.8 Å². The van der Waals surface area contributed by atoms with E-state index < -0.39 is 0 Å². The lowest BCUT2D eigenvalue weighted by Gasteiger charge is -2.08. The molecule has 0 atom stereocenters. The first-order chi connectivity index (χ1) is 18.2. The highest BCUT2D eigenvalue weighted by Gasteiger charge is 2.10. The minimum Gasteiger partial charge on any atom is -0.213 e. The number of benzene rings is 5. The van der Waals surface area contributed by atoms with Crippen molar-refractivity contribution in [1.82, 2.24) is 15.0 Å². The topological polar surface area (TPSA) is 38.7 Å². The van der Waals surface area contributed by atoms with Crippen molar-refractivity contribution >= 4 is 0 Å². The molecular formula is C34H25N3. The Bertz CT molecular complexity index is 1620. The molecule has 5 aromatic carbocycles. The lowest BCUT2D eigenvalue weighted by atomic mass is 9.99. The summed E-state index contributed by atoms with van der Waals surface area (Å²) in [5.74, 6) is 2.07. The molecule has 0 saturated carbocycles. The van der Waals surface area contributed by atoms with Crippen LogP contribution < -0.4 is 0 Å². The van der Waals surface area contributed by atoms with Gasteiger partial charge < -0.3 is 0 Å². The predicted octanol–water partition coefficient (Wildman–Crippen LogP) is 8.52. The molecule has 0 bridgehead atoms. The summed E-state index contributed by atoms with van der Waals surface area (Å²) < 4.78 is 0. The summed E-state index contributed by atoms with van der Waals surface area (Å²) in [6.07, 6.45) is 0. The summed E-state index contributed by atoms with van der Waals surface area (Å²) in [5, 5.41) is 0. The molecular weight excluding hydrogens is 450 g/mol. The zero-order valence-electron chi connectivity index (χ0n) is 20.5. The third kappa shape index (κ3) is 4.93. The van der Waals surface area contributed by atoms with Crippen molar-refractivity contribution in [3.05, 3.63) is 139 Å². The maximum atomic E-state index is 4.80. The second-order valence-corrected chi connectivity index (χ2v) is 8.99. The molecule has 0 aliphatic rings. The highest BCUT2D eigenvalue weighted by molar-refractivity contribution is 5.73. The van der Waals surface area contributed by atoms with E-state index in [1.54, 1.807) is 0 Å². The molecule has 3 nitrogen and oxygen atoms in total. The van der Waals surface area contributed by atoms with Gasteiger partial charge in [-0.2, -0.15) is 0 Å². The Kier molecular flexibility index (Phi) is 6.10. The molecule has 0 saturated heterocycles. The summed E-state index contributed by atoms with van der Waals surface area (Å²) in [6, 6.07) is 46.2. The second-order valence-electron chi connectivity index (χ2n) is 8.99. The summed E-state index contributed by atoms with van der Waals surface area (Å²) in [4.78, 5) is 14.0. The smallest absolute Gasteiger partial charge is 0.163 e. The largest absolute Gasteiger partial charge is 0.213 e. The third-order valence-electron chi connectivity index (χ3n) is 6.47. The molecule has 0 N–H and O–H groups in total. The molecule has 0 aliphatic carbocycles. The van der Waals surface area contributed by atoms with Gasteiger partial charge in [0, 0.05) is 11.1 Å². The van der Waals surface area contributed by atoms with E-state index in [4.69, 9.17) is 4.98 Å². The minimum atomic E-state index is 0.681. The summed E-state index contributed by atoms with van der Waals surface area (Å²) >= 11 is 0. The van der Waals surface area contributed by atoms with Crippen molar-refractivity contribution in [1.29, 1.82) is 0 Å². The van der Waals surface area contributed by atoms with E-state index in [0.717, 1.165) is 16.7 Å². The van der Waals surface area contributed by atoms with Crippen molar-refractivity contribution in [2.75, 3.05) is 0 Å². The van der Waals surface area contributed by atoms with Crippen LogP contribution in [0.5, 0.6) is 0 Å². The number of nitrogens with zero attached hydrogens (tertiary/aromatic N) is 3. The first-order valence-corrected chi connectivity index (χ1v) is 12.4. The van der Waals surface area contributed by atoms with E-state index in [2.05, 4.69) is 131 Å². The molecule has 1 heterocycles. The SMILES string of the molecule is Cc1nc(-c2ccc(-c3ccccc3)cc2)nc(-c2ccc(-c3ccc(-c4ccccc4)cc3)cc2)n1. The van der Waals surface area contributed by atoms with Crippen molar-refractivity contribution in [3.63, 3.8) is 0 Å². The molecule has 176 valence electrons. The van der Waals surface area contributed by atoms with Crippen LogP contribution in [0.2, 0.25) is 0 Å². The average molecular weight is 476 g/mol. The molecule has 3 heteroatoms. The van der Waals surface area contributed by atoms with Crippen LogP contribution >= 0.6 is 0 Å². The average Bonchev–Trinajstić information content (AvgIpc) is 2.98. The number of aryl methyl sites for hydroxylation is 1. The number of rotatable bonds is 5. The molecule has 37 heavy (non-hydrogen) atoms. The first-order valence-electron chi connectivity index (χ1n) is 12.4. The fourth-order valence-electron chi connectivity index (χ4n) is 4.48. The fourth-order valence-corrected chi connectivity index (χ4v) is 4.48. The van der Waals surface area contributed by atoms with Crippen LogP contribution in [-0.4, -0.2) is 15.0 Å². The van der Waals surface area contributed by atoms with E-state index in [-0.39, 0.29) is 0 Å². The zero-order chi connectivity index (χ0) is 25.0. The Hall–Kier alpha value is -4.89. The van der Waals surface area contributed by atoms with Gasteiger partial charge in [0.05, 0.1) is 0 Å². The highest BCUT2D eigenvalue weighted by atomic mass is 15.0. The van der Waals surface area contributed by atoms with Gasteiger partial charge in [-0.15, -0.1) is 0 Å². The molecule has 0 radical (unpaired) electrons. The molecule has 0 aliphatic heterocycles. The lowest BCUT2D eigenvalue weighted by Crippen LogP contribution is -1.99. The minimum absolute atomic E-state index is 0.681. The van der Waals surface area contributed by atoms with Gasteiger partial charge in [0.15, 0.2) is 11.6 Å². The van der Waals surface area contributed by atoms with Crippen LogP contribution in [0.4, 0.5) is 0 Å². The van der Waals surface area contributed by atoms with E-state index in [9.17, 15) is 0 Å². The van der Waals surface area contributed by atoms with Crippen LogP contribution in [0.15, 0.2) is 133 Å². The number of aromatic nitrogens is 3. The molecule has 0 fully saturated rings. The van der Waals surface area contributed by atoms with Crippen molar-refractivity contribution in [2.45, 2.75) is 6.92 Å². The molecule has 0 unspecified atom stereocenters. The summed E-state index contributed by atoms with van der Waals surface area (Å²) in [6.45, 7) is 1.91. The van der Waals surface area contributed by atoms with Crippen LogP contribution in [-0.2, 0) is 0 Å². The standard InChI is InChI=1S/C34H25N3/c1-24-35-33(31-20-16-28(17-21-31)26-10-6-3-7-11-26)37-34(36-24)32-22-18-30(19-23-32)29-14-12-27(13-15-29)25-8-4-2-5-9-25/h2-23H,1H3. The monoisotopic (exact) mass is 475 g/mol. The van der Waals surface area contributed by atoms with E-state index in [0.29, 0.717) is 17.5 Å². The van der Waals surface area contributed by atoms with E-state index >= 15 is 0 Å². The number of hydrogen-bond donors (Lipinski definition) is 0. The van der Waals surface area contributed by atoms with Gasteiger partial charge in [-0.25, -0.2) is 15.0 Å². The zero-order valence-corrected chi connectivity index (χ0v) is 20.5. The normalized spacial score (nSPS) is 10.8. The first kappa shape index (κ1) is 22.6. The van der Waals surface area contributed by atoms with Crippen molar-refractivity contribution in [3.8, 4) is 56.2 Å². The molecule has 6 aromatic rings. The van der Waals surface area contributed by atoms with Gasteiger partial charge >= 0.3 is 0 Å². The van der Waals surface area contributed by atoms with Crippen LogP contribution in [0.1, 0.15) is 5.82 Å². The van der Waals surface area contributed by atoms with Crippen LogP contribution in [0.25, 0.3) is 56.2 Å². The van der Waals surface area contributed by atoms with Gasteiger partial charge in [0.1, 0.15) is 5.82 Å². The van der Waals surface area contributed by atoms with Crippen molar-refractivity contribution in [2.24, 2.45) is 0 Å². The third-order valence-corrected chi connectivity index (χ3v) is 6.47. The van der Waals surface area contributed by atoms with Gasteiger partial charge in [0.25, 0.3) is 0 Å². The van der Waals surface area contributed by atoms with Gasteiger partial charge in [-0.05, 0) is 40.3 Å². The second kappa shape index (κ2) is 10.00. The predicted molar refractivity (Wildman–Crippen MR) is 152 cm³/mol. The maximum absolute atomic E-state index is 4.80. The Balaban J connectivity index is 1.25. The number of hydrogen-bond acceptors (Lipinski definition) is 3. The molecule has 6 rings (SSSR count). The van der Waals surface area contributed by atoms with Crippen LogP contribution in [0.3, 0.4) is 0 Å². The molecule has 1 aromatic heterocycles. The fraction of sp³-hybridized carbons (Fsp3) is 0.0294. The summed E-state index contributed by atoms with van der Waals surface area (Å²) in [7, 11) is 0. The lowest BCUT2D eigenvalue weighted by molar-refractivity contribution is 0.992. The molecule has 0 spiro atoms. The van der Waals surface area contributed by atoms with Gasteiger partial charge in [-0.3, -0.25) is 0 Å². The molecule has 0 amide bonds. The van der Waals surface area contributed by atoms with Gasteiger partial charge in [0.2, 0.25) is 0 Å². The Morgan fingerprint density at radius 3 is 0.892 bits per heavy atom.